The minimum absolute atomic E-state index is 0.0120. The second-order valence-electron chi connectivity index (χ2n) is 6.50. The first kappa shape index (κ1) is 16.1. The Morgan fingerprint density at radius 1 is 1.20 bits per heavy atom. The van der Waals surface area contributed by atoms with Crippen LogP contribution in [0, 0.1) is 13.8 Å². The average molecular weight is 338 g/mol. The van der Waals surface area contributed by atoms with Gasteiger partial charge in [-0.05, 0) is 43.2 Å². The SMILES string of the molecule is Cc1ccc([C@@H]2CN(Cc3ccc(-n4cncn4)c(C)c3)CCO2)o1. The Bertz CT molecular complexity index is 841. The Hall–Kier alpha value is -2.44. The fourth-order valence-electron chi connectivity index (χ4n) is 3.31. The zero-order chi connectivity index (χ0) is 17.2. The van der Waals surface area contributed by atoms with Gasteiger partial charge in [0, 0.05) is 19.6 Å². The molecule has 0 unspecified atom stereocenters. The largest absolute Gasteiger partial charge is 0.464 e. The summed E-state index contributed by atoms with van der Waals surface area (Å²) in [5, 5.41) is 4.21. The van der Waals surface area contributed by atoms with Crippen molar-refractivity contribution in [3.63, 3.8) is 0 Å². The summed E-state index contributed by atoms with van der Waals surface area (Å²) in [7, 11) is 0. The molecule has 0 aliphatic carbocycles. The van der Waals surface area contributed by atoms with Gasteiger partial charge < -0.3 is 9.15 Å². The molecular weight excluding hydrogens is 316 g/mol. The number of aromatic nitrogens is 3. The van der Waals surface area contributed by atoms with E-state index in [1.165, 1.54) is 11.1 Å². The van der Waals surface area contributed by atoms with Gasteiger partial charge in [0.25, 0.3) is 0 Å². The molecule has 0 radical (unpaired) electrons. The molecule has 1 aromatic carbocycles. The van der Waals surface area contributed by atoms with Crippen LogP contribution >= 0.6 is 0 Å². The van der Waals surface area contributed by atoms with Gasteiger partial charge in [-0.15, -0.1) is 0 Å². The maximum Gasteiger partial charge on any atom is 0.138 e. The second-order valence-corrected chi connectivity index (χ2v) is 6.50. The molecule has 6 nitrogen and oxygen atoms in total. The first-order chi connectivity index (χ1) is 12.2. The zero-order valence-corrected chi connectivity index (χ0v) is 14.6. The van der Waals surface area contributed by atoms with E-state index in [0.29, 0.717) is 0 Å². The summed E-state index contributed by atoms with van der Waals surface area (Å²) in [5.41, 5.74) is 3.54. The van der Waals surface area contributed by atoms with Crippen LogP contribution in [0.25, 0.3) is 5.69 Å². The van der Waals surface area contributed by atoms with E-state index in [-0.39, 0.29) is 6.10 Å². The highest BCUT2D eigenvalue weighted by Gasteiger charge is 2.24. The molecule has 2 aromatic heterocycles. The van der Waals surface area contributed by atoms with Gasteiger partial charge in [-0.3, -0.25) is 4.90 Å². The lowest BCUT2D eigenvalue weighted by Gasteiger charge is -2.32. The molecule has 1 aliphatic heterocycles. The van der Waals surface area contributed by atoms with E-state index in [9.17, 15) is 0 Å². The summed E-state index contributed by atoms with van der Waals surface area (Å²) in [6.45, 7) is 7.47. The van der Waals surface area contributed by atoms with E-state index in [1.54, 1.807) is 17.3 Å². The molecule has 130 valence electrons. The fourth-order valence-corrected chi connectivity index (χ4v) is 3.31. The topological polar surface area (TPSA) is 56.3 Å². The summed E-state index contributed by atoms with van der Waals surface area (Å²) >= 11 is 0. The van der Waals surface area contributed by atoms with Crippen molar-refractivity contribution in [3.8, 4) is 5.69 Å². The van der Waals surface area contributed by atoms with Crippen LogP contribution in [0.4, 0.5) is 0 Å². The van der Waals surface area contributed by atoms with Gasteiger partial charge in [-0.25, -0.2) is 9.67 Å². The van der Waals surface area contributed by atoms with Crippen LogP contribution in [0.15, 0.2) is 47.4 Å². The number of nitrogens with zero attached hydrogens (tertiary/aromatic N) is 4. The number of hydrogen-bond acceptors (Lipinski definition) is 5. The van der Waals surface area contributed by atoms with E-state index < -0.39 is 0 Å². The van der Waals surface area contributed by atoms with Gasteiger partial charge in [0.2, 0.25) is 0 Å². The van der Waals surface area contributed by atoms with Crippen LogP contribution in [0.1, 0.15) is 28.8 Å². The molecule has 0 spiro atoms. The number of rotatable bonds is 4. The summed E-state index contributed by atoms with van der Waals surface area (Å²) in [6, 6.07) is 10.5. The van der Waals surface area contributed by atoms with E-state index in [1.807, 2.05) is 19.1 Å². The molecule has 25 heavy (non-hydrogen) atoms. The van der Waals surface area contributed by atoms with Crippen LogP contribution in [-0.2, 0) is 11.3 Å². The predicted molar refractivity (Wildman–Crippen MR) is 93.5 cm³/mol. The molecule has 4 rings (SSSR count). The minimum Gasteiger partial charge on any atom is -0.464 e. The van der Waals surface area contributed by atoms with Gasteiger partial charge in [0.1, 0.15) is 30.3 Å². The molecule has 0 amide bonds. The molecule has 0 N–H and O–H groups in total. The highest BCUT2D eigenvalue weighted by molar-refractivity contribution is 5.41. The van der Waals surface area contributed by atoms with Crippen LogP contribution in [0.3, 0.4) is 0 Å². The quantitative estimate of drug-likeness (QED) is 0.732. The van der Waals surface area contributed by atoms with E-state index >= 15 is 0 Å². The molecule has 6 heteroatoms. The molecule has 1 atom stereocenters. The first-order valence-electron chi connectivity index (χ1n) is 8.54. The third-order valence-corrected chi connectivity index (χ3v) is 4.56. The minimum atomic E-state index is 0.0120. The summed E-state index contributed by atoms with van der Waals surface area (Å²) in [6.07, 6.45) is 3.29. The van der Waals surface area contributed by atoms with Gasteiger partial charge in [0.05, 0.1) is 12.3 Å². The normalized spacial score (nSPS) is 18.6. The van der Waals surface area contributed by atoms with Crippen LogP contribution in [0.5, 0.6) is 0 Å². The Morgan fingerprint density at radius 2 is 2.12 bits per heavy atom. The Morgan fingerprint density at radius 3 is 2.84 bits per heavy atom. The zero-order valence-electron chi connectivity index (χ0n) is 14.6. The number of morpholine rings is 1. The van der Waals surface area contributed by atoms with Crippen LogP contribution < -0.4 is 0 Å². The van der Waals surface area contributed by atoms with Crippen molar-refractivity contribution in [1.82, 2.24) is 19.7 Å². The van der Waals surface area contributed by atoms with Crippen LogP contribution in [-0.4, -0.2) is 39.4 Å². The molecule has 0 bridgehead atoms. The maximum atomic E-state index is 5.88. The van der Waals surface area contributed by atoms with Crippen molar-refractivity contribution in [2.24, 2.45) is 0 Å². The molecule has 1 saturated heterocycles. The third-order valence-electron chi connectivity index (χ3n) is 4.56. The first-order valence-corrected chi connectivity index (χ1v) is 8.54. The molecule has 0 saturated carbocycles. The monoisotopic (exact) mass is 338 g/mol. The molecule has 3 heterocycles. The van der Waals surface area contributed by atoms with E-state index in [4.69, 9.17) is 9.15 Å². The average Bonchev–Trinajstić information content (AvgIpc) is 3.27. The number of benzene rings is 1. The highest BCUT2D eigenvalue weighted by atomic mass is 16.5. The standard InChI is InChI=1S/C19H22N4O2/c1-14-9-16(4-5-17(14)23-13-20-12-21-23)10-22-7-8-24-19(11-22)18-6-3-15(2)25-18/h3-6,9,12-13,19H,7-8,10-11H2,1-2H3/t19-/m0/s1. The Kier molecular flexibility index (Phi) is 4.38. The maximum absolute atomic E-state index is 5.88. The molecule has 3 aromatic rings. The number of aryl methyl sites for hydroxylation is 2. The van der Waals surface area contributed by atoms with Gasteiger partial charge in [-0.1, -0.05) is 12.1 Å². The smallest absolute Gasteiger partial charge is 0.138 e. The van der Waals surface area contributed by atoms with E-state index in [0.717, 1.165) is 43.4 Å². The Labute approximate surface area is 147 Å². The lowest BCUT2D eigenvalue weighted by atomic mass is 10.1. The third kappa shape index (κ3) is 3.50. The highest BCUT2D eigenvalue weighted by Crippen LogP contribution is 2.25. The lowest BCUT2D eigenvalue weighted by molar-refractivity contribution is -0.0430. The fraction of sp³-hybridized carbons (Fsp3) is 0.368. The number of hydrogen-bond donors (Lipinski definition) is 0. The molecule has 1 aliphatic rings. The van der Waals surface area contributed by atoms with Gasteiger partial charge in [-0.2, -0.15) is 5.10 Å². The van der Waals surface area contributed by atoms with Gasteiger partial charge >= 0.3 is 0 Å². The van der Waals surface area contributed by atoms with E-state index in [2.05, 4.69) is 40.1 Å². The number of furan rings is 1. The second kappa shape index (κ2) is 6.82. The van der Waals surface area contributed by atoms with Crippen molar-refractivity contribution < 1.29 is 9.15 Å². The van der Waals surface area contributed by atoms with Crippen LogP contribution in [0.2, 0.25) is 0 Å². The lowest BCUT2D eigenvalue weighted by Crippen LogP contribution is -2.37. The molecular formula is C19H22N4O2. The summed E-state index contributed by atoms with van der Waals surface area (Å²) in [4.78, 5) is 6.43. The van der Waals surface area contributed by atoms with Crippen molar-refractivity contribution >= 4 is 0 Å². The predicted octanol–water partition coefficient (Wildman–Crippen LogP) is 3.05. The van der Waals surface area contributed by atoms with Crippen molar-refractivity contribution in [3.05, 3.63) is 65.6 Å². The summed E-state index contributed by atoms with van der Waals surface area (Å²) in [5.74, 6) is 1.84. The van der Waals surface area contributed by atoms with Crippen molar-refractivity contribution in [2.45, 2.75) is 26.5 Å². The number of ether oxygens (including phenoxy) is 1. The van der Waals surface area contributed by atoms with Crippen molar-refractivity contribution in [1.29, 1.82) is 0 Å². The summed E-state index contributed by atoms with van der Waals surface area (Å²) < 4.78 is 13.4. The van der Waals surface area contributed by atoms with Crippen molar-refractivity contribution in [2.75, 3.05) is 19.7 Å². The van der Waals surface area contributed by atoms with Gasteiger partial charge in [0.15, 0.2) is 0 Å². The Balaban J connectivity index is 1.45. The molecule has 1 fully saturated rings.